The predicted molar refractivity (Wildman–Crippen MR) is 63.9 cm³/mol. The molecule has 1 aromatic heterocycles. The molecule has 0 saturated heterocycles. The Bertz CT molecular complexity index is 386. The number of hydrogen-bond donors (Lipinski definition) is 1. The third kappa shape index (κ3) is 1.58. The average Bonchev–Trinajstić information content (AvgIpc) is 2.54. The summed E-state index contributed by atoms with van der Waals surface area (Å²) < 4.78 is 1.98. The summed E-state index contributed by atoms with van der Waals surface area (Å²) in [6.07, 6.45) is 5.28. The van der Waals surface area contributed by atoms with Crippen LogP contribution >= 0.6 is 0 Å². The molecule has 1 aromatic rings. The molecule has 0 aromatic carbocycles. The molecule has 16 heavy (non-hydrogen) atoms. The summed E-state index contributed by atoms with van der Waals surface area (Å²) in [6.45, 7) is 2.04. The minimum absolute atomic E-state index is 0.352. The van der Waals surface area contributed by atoms with Gasteiger partial charge >= 0.3 is 0 Å². The van der Waals surface area contributed by atoms with Crippen molar-refractivity contribution in [2.45, 2.75) is 38.6 Å². The van der Waals surface area contributed by atoms with Gasteiger partial charge in [-0.05, 0) is 43.6 Å². The molecule has 3 atom stereocenters. The number of rotatable bonds is 3. The molecule has 2 aliphatic rings. The maximum absolute atomic E-state index is 6.34. The van der Waals surface area contributed by atoms with Crippen LogP contribution in [0, 0.1) is 24.7 Å². The first-order valence-electron chi connectivity index (χ1n) is 6.42. The van der Waals surface area contributed by atoms with Crippen molar-refractivity contribution in [1.82, 2.24) is 9.78 Å². The van der Waals surface area contributed by atoms with E-state index in [1.807, 2.05) is 18.7 Å². The van der Waals surface area contributed by atoms with Crippen LogP contribution in [0.2, 0.25) is 0 Å². The molecule has 2 N–H and O–H groups in total. The summed E-state index contributed by atoms with van der Waals surface area (Å²) in [6, 6.07) is 2.52. The molecule has 0 bridgehead atoms. The summed E-state index contributed by atoms with van der Waals surface area (Å²) in [5, 5.41) is 4.38. The maximum atomic E-state index is 6.34. The molecule has 3 unspecified atom stereocenters. The quantitative estimate of drug-likeness (QED) is 0.840. The standard InChI is InChI=1S/C13H21N3/c1-8-6-9(16(2)15-8)7-12(14)13-10-4-3-5-11(10)13/h6,10-13H,3-5,7,14H2,1-2H3. The molecule has 0 amide bonds. The number of aromatic nitrogens is 2. The minimum Gasteiger partial charge on any atom is -0.327 e. The lowest BCUT2D eigenvalue weighted by Gasteiger charge is -2.13. The van der Waals surface area contributed by atoms with Crippen molar-refractivity contribution in [3.63, 3.8) is 0 Å². The Morgan fingerprint density at radius 2 is 2.19 bits per heavy atom. The van der Waals surface area contributed by atoms with Crippen molar-refractivity contribution in [3.8, 4) is 0 Å². The Kier molecular flexibility index (Phi) is 2.32. The van der Waals surface area contributed by atoms with Gasteiger partial charge in [0.1, 0.15) is 0 Å². The molecule has 0 radical (unpaired) electrons. The lowest BCUT2D eigenvalue weighted by molar-refractivity contribution is 0.474. The second-order valence-electron chi connectivity index (χ2n) is 5.60. The van der Waals surface area contributed by atoms with E-state index in [4.69, 9.17) is 5.73 Å². The molecule has 2 fully saturated rings. The van der Waals surface area contributed by atoms with Crippen LogP contribution in [0.25, 0.3) is 0 Å². The van der Waals surface area contributed by atoms with E-state index in [2.05, 4.69) is 11.2 Å². The van der Waals surface area contributed by atoms with Gasteiger partial charge in [0.15, 0.2) is 0 Å². The number of aryl methyl sites for hydroxylation is 2. The van der Waals surface area contributed by atoms with Gasteiger partial charge < -0.3 is 5.73 Å². The van der Waals surface area contributed by atoms with Gasteiger partial charge in [0.25, 0.3) is 0 Å². The fourth-order valence-corrected chi connectivity index (χ4v) is 3.74. The van der Waals surface area contributed by atoms with Gasteiger partial charge in [-0.1, -0.05) is 6.42 Å². The Balaban J connectivity index is 1.65. The van der Waals surface area contributed by atoms with Crippen molar-refractivity contribution in [2.75, 3.05) is 0 Å². The molecule has 1 heterocycles. The van der Waals surface area contributed by atoms with Gasteiger partial charge in [0.2, 0.25) is 0 Å². The molecule has 3 rings (SSSR count). The minimum atomic E-state index is 0.352. The van der Waals surface area contributed by atoms with E-state index < -0.39 is 0 Å². The summed E-state index contributed by atoms with van der Waals surface area (Å²) in [5.41, 5.74) is 8.72. The number of hydrogen-bond acceptors (Lipinski definition) is 2. The molecule has 3 nitrogen and oxygen atoms in total. The Hall–Kier alpha value is -0.830. The largest absolute Gasteiger partial charge is 0.327 e. The molecule has 2 aliphatic carbocycles. The van der Waals surface area contributed by atoms with Crippen molar-refractivity contribution >= 4 is 0 Å². The van der Waals surface area contributed by atoms with E-state index >= 15 is 0 Å². The first-order chi connectivity index (χ1) is 7.66. The smallest absolute Gasteiger partial charge is 0.0596 e. The summed E-state index contributed by atoms with van der Waals surface area (Å²) in [4.78, 5) is 0. The second kappa shape index (κ2) is 3.59. The predicted octanol–water partition coefficient (Wildman–Crippen LogP) is 1.64. The van der Waals surface area contributed by atoms with Crippen molar-refractivity contribution < 1.29 is 0 Å². The lowest BCUT2D eigenvalue weighted by atomic mass is 10.0. The highest BCUT2D eigenvalue weighted by atomic mass is 15.3. The average molecular weight is 219 g/mol. The van der Waals surface area contributed by atoms with Gasteiger partial charge in [-0.3, -0.25) is 4.68 Å². The Morgan fingerprint density at radius 1 is 1.50 bits per heavy atom. The molecule has 3 heteroatoms. The van der Waals surface area contributed by atoms with Crippen LogP contribution in [-0.4, -0.2) is 15.8 Å². The van der Waals surface area contributed by atoms with Crippen LogP contribution in [0.4, 0.5) is 0 Å². The number of fused-ring (bicyclic) bond motifs is 1. The van der Waals surface area contributed by atoms with E-state index in [0.29, 0.717) is 6.04 Å². The lowest BCUT2D eigenvalue weighted by Crippen LogP contribution is -2.28. The topological polar surface area (TPSA) is 43.8 Å². The van der Waals surface area contributed by atoms with Crippen LogP contribution in [0.3, 0.4) is 0 Å². The molecular weight excluding hydrogens is 198 g/mol. The van der Waals surface area contributed by atoms with Gasteiger partial charge in [-0.15, -0.1) is 0 Å². The normalized spacial score (nSPS) is 33.8. The fraction of sp³-hybridized carbons (Fsp3) is 0.769. The first kappa shape index (κ1) is 10.3. The highest BCUT2D eigenvalue weighted by Crippen LogP contribution is 2.58. The zero-order valence-electron chi connectivity index (χ0n) is 10.2. The second-order valence-corrected chi connectivity index (χ2v) is 5.60. The van der Waals surface area contributed by atoms with Crippen LogP contribution < -0.4 is 5.73 Å². The molecule has 88 valence electrons. The van der Waals surface area contributed by atoms with Gasteiger partial charge in [0.05, 0.1) is 5.69 Å². The molecule has 0 spiro atoms. The Morgan fingerprint density at radius 3 is 2.75 bits per heavy atom. The molecular formula is C13H21N3. The summed E-state index contributed by atoms with van der Waals surface area (Å²) in [5.74, 6) is 2.73. The summed E-state index contributed by atoms with van der Waals surface area (Å²) in [7, 11) is 2.02. The van der Waals surface area contributed by atoms with Gasteiger partial charge in [-0.25, -0.2) is 0 Å². The third-order valence-electron chi connectivity index (χ3n) is 4.51. The van der Waals surface area contributed by atoms with Crippen LogP contribution in [-0.2, 0) is 13.5 Å². The van der Waals surface area contributed by atoms with Gasteiger partial charge in [0, 0.05) is 25.2 Å². The highest BCUT2D eigenvalue weighted by molar-refractivity contribution is 5.13. The monoisotopic (exact) mass is 219 g/mol. The van der Waals surface area contributed by atoms with E-state index in [0.717, 1.165) is 29.9 Å². The van der Waals surface area contributed by atoms with Crippen molar-refractivity contribution in [3.05, 3.63) is 17.5 Å². The van der Waals surface area contributed by atoms with Gasteiger partial charge in [-0.2, -0.15) is 5.10 Å². The summed E-state index contributed by atoms with van der Waals surface area (Å²) >= 11 is 0. The van der Waals surface area contributed by atoms with E-state index in [9.17, 15) is 0 Å². The van der Waals surface area contributed by atoms with E-state index in [1.165, 1.54) is 25.0 Å². The van der Waals surface area contributed by atoms with E-state index in [-0.39, 0.29) is 0 Å². The highest BCUT2D eigenvalue weighted by Gasteiger charge is 2.54. The van der Waals surface area contributed by atoms with Crippen molar-refractivity contribution in [2.24, 2.45) is 30.5 Å². The fourth-order valence-electron chi connectivity index (χ4n) is 3.74. The number of nitrogens with two attached hydrogens (primary N) is 1. The first-order valence-corrected chi connectivity index (χ1v) is 6.42. The SMILES string of the molecule is Cc1cc(CC(N)C2C3CCCC32)n(C)n1. The number of nitrogens with zero attached hydrogens (tertiary/aromatic N) is 2. The van der Waals surface area contributed by atoms with Crippen LogP contribution in [0.15, 0.2) is 6.07 Å². The third-order valence-corrected chi connectivity index (χ3v) is 4.51. The Labute approximate surface area is 97.0 Å². The zero-order chi connectivity index (χ0) is 11.3. The van der Waals surface area contributed by atoms with Crippen LogP contribution in [0.5, 0.6) is 0 Å². The maximum Gasteiger partial charge on any atom is 0.0596 e. The van der Waals surface area contributed by atoms with Crippen molar-refractivity contribution in [1.29, 1.82) is 0 Å². The molecule has 2 saturated carbocycles. The van der Waals surface area contributed by atoms with Crippen LogP contribution in [0.1, 0.15) is 30.7 Å². The zero-order valence-corrected chi connectivity index (χ0v) is 10.2. The molecule has 0 aliphatic heterocycles. The van der Waals surface area contributed by atoms with E-state index in [1.54, 1.807) is 0 Å².